The molecule has 0 aliphatic carbocycles. The third-order valence-corrected chi connectivity index (χ3v) is 3.71. The molecule has 0 spiro atoms. The molecule has 0 radical (unpaired) electrons. The predicted molar refractivity (Wildman–Crippen MR) is 86.7 cm³/mol. The number of hydrogen-bond acceptors (Lipinski definition) is 2. The number of fused-ring (bicyclic) bond motifs is 1. The van der Waals surface area contributed by atoms with Gasteiger partial charge in [0.25, 0.3) is 5.91 Å². The van der Waals surface area contributed by atoms with E-state index in [2.05, 4.69) is 26.2 Å². The number of carbonyl (C=O) groups is 1. The van der Waals surface area contributed by atoms with E-state index in [1.165, 1.54) is 0 Å². The Morgan fingerprint density at radius 3 is 2.71 bits per heavy atom. The second-order valence-corrected chi connectivity index (χ2v) is 5.57. The first kappa shape index (κ1) is 13.8. The van der Waals surface area contributed by atoms with Crippen LogP contribution in [0.2, 0.25) is 0 Å². The van der Waals surface area contributed by atoms with Gasteiger partial charge in [0.2, 0.25) is 0 Å². The lowest BCUT2D eigenvalue weighted by Gasteiger charge is -2.06. The number of anilines is 1. The summed E-state index contributed by atoms with van der Waals surface area (Å²) >= 11 is 3.43. The van der Waals surface area contributed by atoms with Gasteiger partial charge >= 0.3 is 0 Å². The molecule has 0 fully saturated rings. The largest absolute Gasteiger partial charge is 0.321 e. The number of pyridine rings is 1. The van der Waals surface area contributed by atoms with Crippen LogP contribution in [0, 0.1) is 0 Å². The smallest absolute Gasteiger partial charge is 0.274 e. The van der Waals surface area contributed by atoms with E-state index in [4.69, 9.17) is 0 Å². The summed E-state index contributed by atoms with van der Waals surface area (Å²) in [5, 5.41) is 2.92. The minimum absolute atomic E-state index is 0.149. The Hall–Kier alpha value is -2.14. The van der Waals surface area contributed by atoms with Crippen LogP contribution in [0.25, 0.3) is 5.65 Å². The van der Waals surface area contributed by atoms with Crippen molar-refractivity contribution >= 4 is 33.2 Å². The molecule has 3 aromatic rings. The van der Waals surface area contributed by atoms with Crippen molar-refractivity contribution in [1.82, 2.24) is 9.38 Å². The standard InChI is InChI=1S/C16H14BrN3O/c1-2-13-15(16(21)18-12-6-4-3-5-7-12)20-10-11(17)8-9-14(20)19-13/h3-10H,2H2,1H3,(H,18,21). The lowest BCUT2D eigenvalue weighted by Crippen LogP contribution is -2.16. The summed E-state index contributed by atoms with van der Waals surface area (Å²) in [5.41, 5.74) is 2.92. The zero-order valence-corrected chi connectivity index (χ0v) is 13.1. The fourth-order valence-corrected chi connectivity index (χ4v) is 2.60. The van der Waals surface area contributed by atoms with Crippen LogP contribution in [0.1, 0.15) is 23.1 Å². The molecule has 5 heteroatoms. The Bertz CT molecular complexity index is 796. The normalized spacial score (nSPS) is 10.8. The first-order chi connectivity index (χ1) is 10.2. The summed E-state index contributed by atoms with van der Waals surface area (Å²) in [7, 11) is 0. The molecule has 0 aliphatic heterocycles. The number of aromatic nitrogens is 2. The molecule has 106 valence electrons. The number of aryl methyl sites for hydroxylation is 1. The van der Waals surface area contributed by atoms with Crippen LogP contribution in [-0.2, 0) is 6.42 Å². The van der Waals surface area contributed by atoms with E-state index < -0.39 is 0 Å². The number of rotatable bonds is 3. The third-order valence-electron chi connectivity index (χ3n) is 3.24. The van der Waals surface area contributed by atoms with Crippen LogP contribution in [0.15, 0.2) is 53.1 Å². The number of hydrogen-bond donors (Lipinski definition) is 1. The zero-order valence-electron chi connectivity index (χ0n) is 11.5. The molecule has 0 saturated heterocycles. The van der Waals surface area contributed by atoms with Crippen LogP contribution in [0.3, 0.4) is 0 Å². The number of nitrogens with one attached hydrogen (secondary N) is 1. The molecular formula is C16H14BrN3O. The van der Waals surface area contributed by atoms with Crippen LogP contribution in [0.4, 0.5) is 5.69 Å². The van der Waals surface area contributed by atoms with Crippen molar-refractivity contribution in [2.45, 2.75) is 13.3 Å². The van der Waals surface area contributed by atoms with Gasteiger partial charge in [-0.25, -0.2) is 4.98 Å². The lowest BCUT2D eigenvalue weighted by molar-refractivity contribution is 0.102. The second-order valence-electron chi connectivity index (χ2n) is 4.66. The van der Waals surface area contributed by atoms with E-state index in [9.17, 15) is 4.79 Å². The quantitative estimate of drug-likeness (QED) is 0.783. The molecule has 1 amide bonds. The Balaban J connectivity index is 2.06. The van der Waals surface area contributed by atoms with E-state index in [1.54, 1.807) is 0 Å². The van der Waals surface area contributed by atoms with Gasteiger partial charge in [0.1, 0.15) is 11.3 Å². The monoisotopic (exact) mass is 343 g/mol. The summed E-state index contributed by atoms with van der Waals surface area (Å²) < 4.78 is 2.73. The average Bonchev–Trinajstić information content (AvgIpc) is 2.86. The Labute approximate surface area is 131 Å². The number of imidazole rings is 1. The van der Waals surface area contributed by atoms with Crippen molar-refractivity contribution in [2.24, 2.45) is 0 Å². The highest BCUT2D eigenvalue weighted by molar-refractivity contribution is 9.10. The van der Waals surface area contributed by atoms with Crippen molar-refractivity contribution in [2.75, 3.05) is 5.32 Å². The molecule has 0 bridgehead atoms. The topological polar surface area (TPSA) is 46.4 Å². The van der Waals surface area contributed by atoms with Gasteiger partial charge in [0, 0.05) is 16.4 Å². The maximum atomic E-state index is 12.6. The molecule has 1 N–H and O–H groups in total. The average molecular weight is 344 g/mol. The fourth-order valence-electron chi connectivity index (χ4n) is 2.27. The Kier molecular flexibility index (Phi) is 3.75. The molecule has 4 nitrogen and oxygen atoms in total. The van der Waals surface area contributed by atoms with Crippen molar-refractivity contribution in [3.05, 3.63) is 64.5 Å². The van der Waals surface area contributed by atoms with Gasteiger partial charge in [-0.1, -0.05) is 25.1 Å². The Morgan fingerprint density at radius 1 is 1.24 bits per heavy atom. The second kappa shape index (κ2) is 5.69. The van der Waals surface area contributed by atoms with E-state index in [-0.39, 0.29) is 5.91 Å². The zero-order chi connectivity index (χ0) is 14.8. The van der Waals surface area contributed by atoms with Gasteiger partial charge in [0.15, 0.2) is 0 Å². The molecule has 1 aromatic carbocycles. The van der Waals surface area contributed by atoms with Crippen LogP contribution in [0.5, 0.6) is 0 Å². The summed E-state index contributed by atoms with van der Waals surface area (Å²) in [6, 6.07) is 13.2. The maximum absolute atomic E-state index is 12.6. The van der Waals surface area contributed by atoms with E-state index in [1.807, 2.05) is 60.0 Å². The molecule has 0 saturated carbocycles. The molecular weight excluding hydrogens is 330 g/mol. The molecule has 0 atom stereocenters. The number of halogens is 1. The number of carbonyl (C=O) groups excluding carboxylic acids is 1. The van der Waals surface area contributed by atoms with Gasteiger partial charge in [-0.3, -0.25) is 9.20 Å². The molecule has 0 unspecified atom stereocenters. The van der Waals surface area contributed by atoms with Gasteiger partial charge in [-0.15, -0.1) is 0 Å². The van der Waals surface area contributed by atoms with Crippen molar-refractivity contribution < 1.29 is 4.79 Å². The van der Waals surface area contributed by atoms with Crippen molar-refractivity contribution in [3.63, 3.8) is 0 Å². The molecule has 0 aliphatic rings. The SMILES string of the molecule is CCc1nc2ccc(Br)cn2c1C(=O)Nc1ccccc1. The molecule has 21 heavy (non-hydrogen) atoms. The number of amides is 1. The number of benzene rings is 1. The van der Waals surface area contributed by atoms with Gasteiger partial charge in [0.05, 0.1) is 5.69 Å². The Morgan fingerprint density at radius 2 is 2.00 bits per heavy atom. The van der Waals surface area contributed by atoms with Crippen LogP contribution >= 0.6 is 15.9 Å². The summed E-state index contributed by atoms with van der Waals surface area (Å²) in [6.07, 6.45) is 2.57. The fraction of sp³-hybridized carbons (Fsp3) is 0.125. The highest BCUT2D eigenvalue weighted by Gasteiger charge is 2.18. The molecule has 2 aromatic heterocycles. The van der Waals surface area contributed by atoms with E-state index in [0.717, 1.165) is 21.5 Å². The summed E-state index contributed by atoms with van der Waals surface area (Å²) in [5.74, 6) is -0.149. The van der Waals surface area contributed by atoms with Crippen molar-refractivity contribution in [1.29, 1.82) is 0 Å². The minimum Gasteiger partial charge on any atom is -0.321 e. The van der Waals surface area contributed by atoms with Gasteiger partial charge < -0.3 is 5.32 Å². The van der Waals surface area contributed by atoms with Crippen LogP contribution in [-0.4, -0.2) is 15.3 Å². The van der Waals surface area contributed by atoms with E-state index in [0.29, 0.717) is 12.1 Å². The van der Waals surface area contributed by atoms with Gasteiger partial charge in [-0.2, -0.15) is 0 Å². The first-order valence-corrected chi connectivity index (χ1v) is 7.51. The predicted octanol–water partition coefficient (Wildman–Crippen LogP) is 3.91. The van der Waals surface area contributed by atoms with Crippen molar-refractivity contribution in [3.8, 4) is 0 Å². The summed E-state index contributed by atoms with van der Waals surface area (Å²) in [6.45, 7) is 2.00. The summed E-state index contributed by atoms with van der Waals surface area (Å²) in [4.78, 5) is 17.1. The lowest BCUT2D eigenvalue weighted by atomic mass is 10.2. The molecule has 3 rings (SSSR count). The number of nitrogens with zero attached hydrogens (tertiary/aromatic N) is 2. The maximum Gasteiger partial charge on any atom is 0.274 e. The molecule has 2 heterocycles. The third kappa shape index (κ3) is 2.69. The highest BCUT2D eigenvalue weighted by atomic mass is 79.9. The highest BCUT2D eigenvalue weighted by Crippen LogP contribution is 2.19. The minimum atomic E-state index is -0.149. The van der Waals surface area contributed by atoms with Gasteiger partial charge in [-0.05, 0) is 46.6 Å². The van der Waals surface area contributed by atoms with E-state index >= 15 is 0 Å². The van der Waals surface area contributed by atoms with Crippen LogP contribution < -0.4 is 5.32 Å². The number of para-hydroxylation sites is 1. The first-order valence-electron chi connectivity index (χ1n) is 6.72.